The fourth-order valence-corrected chi connectivity index (χ4v) is 2.93. The van der Waals surface area contributed by atoms with Crippen LogP contribution in [0.4, 0.5) is 0 Å². The second-order valence-corrected chi connectivity index (χ2v) is 5.34. The molecule has 1 aliphatic rings. The molecule has 2 N–H and O–H groups in total. The number of carbonyl (C=O) groups is 1. The molecule has 3 unspecified atom stereocenters. The monoisotopic (exact) mass is 231 g/mol. The molecule has 1 amide bonds. The first kappa shape index (κ1) is 12.8. The number of hydrogen-bond donors (Lipinski definition) is 2. The van der Waals surface area contributed by atoms with Gasteiger partial charge in [-0.1, -0.05) is 6.42 Å². The zero-order valence-electron chi connectivity index (χ0n) is 9.53. The molecule has 0 aromatic heterocycles. The summed E-state index contributed by atoms with van der Waals surface area (Å²) in [4.78, 5) is 11.5. The fourth-order valence-electron chi connectivity index (χ4n) is 1.99. The topological polar surface area (TPSA) is 49.3 Å². The number of carbonyl (C=O) groups excluding carboxylic acids is 1. The van der Waals surface area contributed by atoms with Gasteiger partial charge in [0.15, 0.2) is 0 Å². The van der Waals surface area contributed by atoms with Crippen LogP contribution in [-0.2, 0) is 4.79 Å². The highest BCUT2D eigenvalue weighted by Gasteiger charge is 2.27. The van der Waals surface area contributed by atoms with Crippen LogP contribution in [-0.4, -0.2) is 34.7 Å². The van der Waals surface area contributed by atoms with Crippen LogP contribution in [0, 0.1) is 0 Å². The van der Waals surface area contributed by atoms with Crippen molar-refractivity contribution >= 4 is 17.7 Å². The molecule has 0 aromatic carbocycles. The van der Waals surface area contributed by atoms with Crippen LogP contribution in [0.25, 0.3) is 0 Å². The Morgan fingerprint density at radius 2 is 2.33 bits per heavy atom. The lowest BCUT2D eigenvalue weighted by atomic mass is 10.2. The molecule has 3 nitrogen and oxygen atoms in total. The third-order valence-electron chi connectivity index (χ3n) is 2.89. The lowest BCUT2D eigenvalue weighted by molar-refractivity contribution is -0.122. The van der Waals surface area contributed by atoms with E-state index in [4.69, 9.17) is 5.11 Å². The molecule has 0 radical (unpaired) electrons. The predicted molar refractivity (Wildman–Crippen MR) is 64.0 cm³/mol. The van der Waals surface area contributed by atoms with Crippen molar-refractivity contribution < 1.29 is 9.90 Å². The number of amides is 1. The number of hydrogen-bond acceptors (Lipinski definition) is 3. The number of aliphatic hydroxyl groups excluding tert-OH is 1. The van der Waals surface area contributed by atoms with Gasteiger partial charge in [0.1, 0.15) is 0 Å². The van der Waals surface area contributed by atoms with Gasteiger partial charge in [-0.15, -0.1) is 0 Å². The molecule has 3 atom stereocenters. The summed E-state index contributed by atoms with van der Waals surface area (Å²) in [5.74, 6) is 0.0850. The van der Waals surface area contributed by atoms with E-state index in [1.165, 1.54) is 12.8 Å². The Bertz CT molecular complexity index is 209. The molecule has 4 heteroatoms. The SMILES string of the molecule is CSC1CCCC1NC(=O)CCC(C)O. The summed E-state index contributed by atoms with van der Waals surface area (Å²) < 4.78 is 0. The molecule has 0 aromatic rings. The molecule has 1 rings (SSSR count). The molecule has 0 spiro atoms. The van der Waals surface area contributed by atoms with Crippen LogP contribution in [0.2, 0.25) is 0 Å². The Morgan fingerprint density at radius 1 is 1.60 bits per heavy atom. The van der Waals surface area contributed by atoms with E-state index in [0.29, 0.717) is 24.1 Å². The predicted octanol–water partition coefficient (Wildman–Crippen LogP) is 1.55. The van der Waals surface area contributed by atoms with Crippen LogP contribution in [0.15, 0.2) is 0 Å². The summed E-state index contributed by atoms with van der Waals surface area (Å²) in [6.45, 7) is 1.72. The molecular formula is C11H21NO2S. The van der Waals surface area contributed by atoms with Gasteiger partial charge in [-0.3, -0.25) is 4.79 Å². The van der Waals surface area contributed by atoms with Gasteiger partial charge in [-0.05, 0) is 32.4 Å². The second-order valence-electron chi connectivity index (χ2n) is 4.27. The average Bonchev–Trinajstić information content (AvgIpc) is 2.62. The Balaban J connectivity index is 2.24. The van der Waals surface area contributed by atoms with Crippen molar-refractivity contribution in [1.82, 2.24) is 5.32 Å². The van der Waals surface area contributed by atoms with E-state index in [-0.39, 0.29) is 12.0 Å². The van der Waals surface area contributed by atoms with E-state index in [2.05, 4.69) is 11.6 Å². The summed E-state index contributed by atoms with van der Waals surface area (Å²) in [5, 5.41) is 12.7. The summed E-state index contributed by atoms with van der Waals surface area (Å²) in [7, 11) is 0. The molecule has 0 bridgehead atoms. The van der Waals surface area contributed by atoms with Gasteiger partial charge >= 0.3 is 0 Å². The summed E-state index contributed by atoms with van der Waals surface area (Å²) in [6, 6.07) is 0.349. The molecule has 0 saturated heterocycles. The molecule has 1 aliphatic carbocycles. The molecule has 88 valence electrons. The molecule has 0 heterocycles. The van der Waals surface area contributed by atoms with Gasteiger partial charge in [0, 0.05) is 17.7 Å². The van der Waals surface area contributed by atoms with Gasteiger partial charge in [-0.25, -0.2) is 0 Å². The van der Waals surface area contributed by atoms with Gasteiger partial charge < -0.3 is 10.4 Å². The zero-order chi connectivity index (χ0) is 11.3. The Kier molecular flexibility index (Phi) is 5.47. The van der Waals surface area contributed by atoms with Gasteiger partial charge in [0.25, 0.3) is 0 Å². The zero-order valence-corrected chi connectivity index (χ0v) is 10.3. The van der Waals surface area contributed by atoms with Crippen molar-refractivity contribution in [3.63, 3.8) is 0 Å². The molecule has 1 fully saturated rings. The van der Waals surface area contributed by atoms with E-state index in [0.717, 1.165) is 6.42 Å². The summed E-state index contributed by atoms with van der Waals surface area (Å²) in [6.07, 6.45) is 6.25. The number of rotatable bonds is 5. The third kappa shape index (κ3) is 4.43. The summed E-state index contributed by atoms with van der Waals surface area (Å²) >= 11 is 1.84. The maximum atomic E-state index is 11.5. The average molecular weight is 231 g/mol. The number of aliphatic hydroxyl groups is 1. The van der Waals surface area contributed by atoms with Crippen molar-refractivity contribution in [1.29, 1.82) is 0 Å². The minimum atomic E-state index is -0.379. The lowest BCUT2D eigenvalue weighted by Crippen LogP contribution is -2.38. The van der Waals surface area contributed by atoms with Crippen molar-refractivity contribution in [2.24, 2.45) is 0 Å². The molecule has 1 saturated carbocycles. The highest BCUT2D eigenvalue weighted by Crippen LogP contribution is 2.28. The van der Waals surface area contributed by atoms with Gasteiger partial charge in [0.2, 0.25) is 5.91 Å². The Morgan fingerprint density at radius 3 is 2.93 bits per heavy atom. The van der Waals surface area contributed by atoms with Crippen LogP contribution in [0.1, 0.15) is 39.0 Å². The molecule has 0 aliphatic heterocycles. The minimum absolute atomic E-state index is 0.0850. The Hall–Kier alpha value is -0.220. The smallest absolute Gasteiger partial charge is 0.220 e. The lowest BCUT2D eigenvalue weighted by Gasteiger charge is -2.19. The fraction of sp³-hybridized carbons (Fsp3) is 0.909. The van der Waals surface area contributed by atoms with Crippen molar-refractivity contribution in [2.75, 3.05) is 6.26 Å². The van der Waals surface area contributed by atoms with Gasteiger partial charge in [0.05, 0.1) is 6.10 Å². The van der Waals surface area contributed by atoms with E-state index in [1.807, 2.05) is 11.8 Å². The minimum Gasteiger partial charge on any atom is -0.393 e. The second kappa shape index (κ2) is 6.38. The van der Waals surface area contributed by atoms with E-state index >= 15 is 0 Å². The van der Waals surface area contributed by atoms with Crippen LogP contribution in [0.5, 0.6) is 0 Å². The van der Waals surface area contributed by atoms with Crippen LogP contribution < -0.4 is 5.32 Å². The molecule has 15 heavy (non-hydrogen) atoms. The van der Waals surface area contributed by atoms with Crippen LogP contribution >= 0.6 is 11.8 Å². The van der Waals surface area contributed by atoms with E-state index in [9.17, 15) is 4.79 Å². The van der Waals surface area contributed by atoms with E-state index in [1.54, 1.807) is 6.92 Å². The van der Waals surface area contributed by atoms with Gasteiger partial charge in [-0.2, -0.15) is 11.8 Å². The maximum Gasteiger partial charge on any atom is 0.220 e. The molecular weight excluding hydrogens is 210 g/mol. The van der Waals surface area contributed by atoms with E-state index < -0.39 is 0 Å². The summed E-state index contributed by atoms with van der Waals surface area (Å²) in [5.41, 5.74) is 0. The third-order valence-corrected chi connectivity index (χ3v) is 4.06. The first-order valence-electron chi connectivity index (χ1n) is 5.63. The number of nitrogens with one attached hydrogen (secondary N) is 1. The van der Waals surface area contributed by atoms with Crippen molar-refractivity contribution in [3.8, 4) is 0 Å². The highest BCUT2D eigenvalue weighted by molar-refractivity contribution is 7.99. The highest BCUT2D eigenvalue weighted by atomic mass is 32.2. The Labute approximate surface area is 96.0 Å². The van der Waals surface area contributed by atoms with Crippen molar-refractivity contribution in [3.05, 3.63) is 0 Å². The van der Waals surface area contributed by atoms with Crippen molar-refractivity contribution in [2.45, 2.75) is 56.4 Å². The first-order chi connectivity index (χ1) is 7.13. The normalized spacial score (nSPS) is 27.7. The quantitative estimate of drug-likeness (QED) is 0.754. The number of thioether (sulfide) groups is 1. The first-order valence-corrected chi connectivity index (χ1v) is 6.92. The maximum absolute atomic E-state index is 11.5. The largest absolute Gasteiger partial charge is 0.393 e. The standard InChI is InChI=1S/C11H21NO2S/c1-8(13)6-7-11(14)12-9-4-3-5-10(9)15-2/h8-10,13H,3-7H2,1-2H3,(H,12,14). The van der Waals surface area contributed by atoms with Crippen LogP contribution in [0.3, 0.4) is 0 Å².